The Morgan fingerprint density at radius 1 is 1.19 bits per heavy atom. The number of hydrogen-bond acceptors (Lipinski definition) is 4. The van der Waals surface area contributed by atoms with Crippen LogP contribution in [0.15, 0.2) is 59.7 Å². The molecular formula is C24H32IN5O. The van der Waals surface area contributed by atoms with Gasteiger partial charge in [0.25, 0.3) is 0 Å². The van der Waals surface area contributed by atoms with Crippen LogP contribution in [0.3, 0.4) is 0 Å². The topological polar surface area (TPSA) is 53.0 Å². The van der Waals surface area contributed by atoms with Crippen LogP contribution in [0.25, 0.3) is 5.57 Å². The van der Waals surface area contributed by atoms with Crippen LogP contribution in [-0.2, 0) is 11.3 Å². The van der Waals surface area contributed by atoms with Gasteiger partial charge in [0.05, 0.1) is 12.7 Å². The Bertz CT molecular complexity index is 885. The number of nitrogens with zero attached hydrogens (tertiary/aromatic N) is 4. The van der Waals surface area contributed by atoms with E-state index >= 15 is 0 Å². The quantitative estimate of drug-likeness (QED) is 0.369. The molecule has 31 heavy (non-hydrogen) atoms. The van der Waals surface area contributed by atoms with Gasteiger partial charge in [-0.3, -0.25) is 4.99 Å². The molecule has 0 amide bonds. The molecule has 1 atom stereocenters. The predicted molar refractivity (Wildman–Crippen MR) is 138 cm³/mol. The molecule has 1 unspecified atom stereocenters. The average molecular weight is 533 g/mol. The van der Waals surface area contributed by atoms with E-state index in [1.54, 1.807) is 0 Å². The standard InChI is InChI=1S/C24H31N5O.HI/c1-19-18-29(14-15-30-19)23-9-8-20(16-26-23)17-27-24(25-2)28-12-10-22(11-13-28)21-6-4-3-5-7-21;/h3-10,16,19H,11-15,17-18H2,1-2H3,(H,25,27);1H. The first-order valence-electron chi connectivity index (χ1n) is 10.7. The third-order valence-electron chi connectivity index (χ3n) is 5.69. The summed E-state index contributed by atoms with van der Waals surface area (Å²) in [7, 11) is 1.85. The molecule has 2 aliphatic heterocycles. The van der Waals surface area contributed by atoms with Crippen molar-refractivity contribution in [1.82, 2.24) is 15.2 Å². The Morgan fingerprint density at radius 3 is 2.68 bits per heavy atom. The van der Waals surface area contributed by atoms with Crippen LogP contribution in [0, 0.1) is 0 Å². The minimum Gasteiger partial charge on any atom is -0.375 e. The van der Waals surface area contributed by atoms with Crippen molar-refractivity contribution in [3.8, 4) is 0 Å². The number of rotatable bonds is 4. The number of aromatic nitrogens is 1. The summed E-state index contributed by atoms with van der Waals surface area (Å²) in [6, 6.07) is 14.9. The number of ether oxygens (including phenoxy) is 1. The summed E-state index contributed by atoms with van der Waals surface area (Å²) >= 11 is 0. The molecule has 2 aliphatic rings. The first kappa shape index (κ1) is 23.5. The molecule has 4 rings (SSSR count). The van der Waals surface area contributed by atoms with Gasteiger partial charge in [0, 0.05) is 46.0 Å². The number of anilines is 1. The highest BCUT2D eigenvalue weighted by atomic mass is 127. The number of guanidine groups is 1. The fourth-order valence-electron chi connectivity index (χ4n) is 4.02. The summed E-state index contributed by atoms with van der Waals surface area (Å²) < 4.78 is 5.62. The van der Waals surface area contributed by atoms with Crippen molar-refractivity contribution in [2.24, 2.45) is 4.99 Å². The molecule has 1 aromatic heterocycles. The highest BCUT2D eigenvalue weighted by Crippen LogP contribution is 2.22. The Labute approximate surface area is 202 Å². The molecule has 3 heterocycles. The minimum absolute atomic E-state index is 0. The number of aliphatic imine (C=N–C) groups is 1. The summed E-state index contributed by atoms with van der Waals surface area (Å²) in [5.41, 5.74) is 3.89. The lowest BCUT2D eigenvalue weighted by molar-refractivity contribution is 0.0529. The predicted octanol–water partition coefficient (Wildman–Crippen LogP) is 3.79. The van der Waals surface area contributed by atoms with Crippen molar-refractivity contribution >= 4 is 41.3 Å². The van der Waals surface area contributed by atoms with E-state index in [1.807, 2.05) is 13.2 Å². The van der Waals surface area contributed by atoms with Crippen LogP contribution < -0.4 is 10.2 Å². The van der Waals surface area contributed by atoms with Gasteiger partial charge in [-0.2, -0.15) is 0 Å². The van der Waals surface area contributed by atoms with Gasteiger partial charge in [-0.25, -0.2) is 4.98 Å². The molecule has 2 aromatic rings. The highest BCUT2D eigenvalue weighted by Gasteiger charge is 2.18. The van der Waals surface area contributed by atoms with Crippen LogP contribution in [-0.4, -0.2) is 61.8 Å². The van der Waals surface area contributed by atoms with Gasteiger partial charge in [-0.05, 0) is 36.1 Å². The van der Waals surface area contributed by atoms with Gasteiger partial charge in [0.1, 0.15) is 5.82 Å². The third kappa shape index (κ3) is 6.20. The van der Waals surface area contributed by atoms with Gasteiger partial charge in [-0.15, -0.1) is 24.0 Å². The molecular weight excluding hydrogens is 501 g/mol. The number of hydrogen-bond donors (Lipinski definition) is 1. The molecule has 0 saturated carbocycles. The zero-order valence-corrected chi connectivity index (χ0v) is 20.7. The second-order valence-corrected chi connectivity index (χ2v) is 7.84. The molecule has 0 spiro atoms. The van der Waals surface area contributed by atoms with Crippen LogP contribution in [0.2, 0.25) is 0 Å². The highest BCUT2D eigenvalue weighted by molar-refractivity contribution is 14.0. The van der Waals surface area contributed by atoms with E-state index in [0.29, 0.717) is 6.54 Å². The van der Waals surface area contributed by atoms with E-state index in [0.717, 1.165) is 56.5 Å². The maximum atomic E-state index is 5.62. The lowest BCUT2D eigenvalue weighted by Crippen LogP contribution is -2.43. The van der Waals surface area contributed by atoms with Crippen LogP contribution >= 0.6 is 24.0 Å². The molecule has 0 radical (unpaired) electrons. The molecule has 166 valence electrons. The third-order valence-corrected chi connectivity index (χ3v) is 5.69. The van der Waals surface area contributed by atoms with Crippen LogP contribution in [0.4, 0.5) is 5.82 Å². The molecule has 1 N–H and O–H groups in total. The summed E-state index contributed by atoms with van der Waals surface area (Å²) in [4.78, 5) is 13.7. The van der Waals surface area contributed by atoms with Crippen molar-refractivity contribution < 1.29 is 4.74 Å². The molecule has 1 aromatic carbocycles. The Balaban J connectivity index is 0.00000272. The van der Waals surface area contributed by atoms with Crippen LogP contribution in [0.5, 0.6) is 0 Å². The minimum atomic E-state index is 0. The molecule has 1 fully saturated rings. The normalized spacial score (nSPS) is 19.5. The van der Waals surface area contributed by atoms with Gasteiger partial charge < -0.3 is 19.9 Å². The summed E-state index contributed by atoms with van der Waals surface area (Å²) in [5, 5.41) is 3.49. The zero-order valence-electron chi connectivity index (χ0n) is 18.3. The van der Waals surface area contributed by atoms with Crippen molar-refractivity contribution in [1.29, 1.82) is 0 Å². The van der Waals surface area contributed by atoms with Gasteiger partial charge in [-0.1, -0.05) is 42.5 Å². The SMILES string of the molecule is CN=C(NCc1ccc(N2CCOC(C)C2)nc1)N1CC=C(c2ccccc2)CC1.I. The number of nitrogens with one attached hydrogen (secondary N) is 1. The molecule has 7 heteroatoms. The second kappa shape index (κ2) is 11.5. The van der Waals surface area contributed by atoms with Crippen molar-refractivity contribution in [2.75, 3.05) is 44.7 Å². The lowest BCUT2D eigenvalue weighted by Gasteiger charge is -2.32. The van der Waals surface area contributed by atoms with Crippen LogP contribution in [0.1, 0.15) is 24.5 Å². The average Bonchev–Trinajstić information content (AvgIpc) is 2.81. The smallest absolute Gasteiger partial charge is 0.194 e. The molecule has 0 bridgehead atoms. The van der Waals surface area contributed by atoms with Gasteiger partial charge in [0.2, 0.25) is 0 Å². The Kier molecular flexibility index (Phi) is 8.71. The fraction of sp³-hybridized carbons (Fsp3) is 0.417. The maximum absolute atomic E-state index is 5.62. The van der Waals surface area contributed by atoms with E-state index in [9.17, 15) is 0 Å². The summed E-state index contributed by atoms with van der Waals surface area (Å²) in [6.45, 7) is 7.21. The molecule has 1 saturated heterocycles. The number of halogens is 1. The van der Waals surface area contributed by atoms with Crippen molar-refractivity contribution in [2.45, 2.75) is 26.0 Å². The summed E-state index contributed by atoms with van der Waals surface area (Å²) in [5.74, 6) is 1.96. The van der Waals surface area contributed by atoms with E-state index in [4.69, 9.17) is 4.74 Å². The van der Waals surface area contributed by atoms with E-state index < -0.39 is 0 Å². The van der Waals surface area contributed by atoms with E-state index in [1.165, 1.54) is 11.1 Å². The number of morpholine rings is 1. The number of benzene rings is 1. The second-order valence-electron chi connectivity index (χ2n) is 7.84. The number of pyridine rings is 1. The Morgan fingerprint density at radius 2 is 2.03 bits per heavy atom. The first-order valence-corrected chi connectivity index (χ1v) is 10.7. The summed E-state index contributed by atoms with van der Waals surface area (Å²) in [6.07, 6.45) is 5.55. The lowest BCUT2D eigenvalue weighted by atomic mass is 10.00. The molecule has 0 aliphatic carbocycles. The van der Waals surface area contributed by atoms with E-state index in [2.05, 4.69) is 80.6 Å². The van der Waals surface area contributed by atoms with Gasteiger partial charge in [0.15, 0.2) is 5.96 Å². The van der Waals surface area contributed by atoms with E-state index in [-0.39, 0.29) is 30.1 Å². The largest absolute Gasteiger partial charge is 0.375 e. The molecule has 6 nitrogen and oxygen atoms in total. The maximum Gasteiger partial charge on any atom is 0.194 e. The zero-order chi connectivity index (χ0) is 20.8. The monoisotopic (exact) mass is 533 g/mol. The first-order chi connectivity index (χ1) is 14.7. The van der Waals surface area contributed by atoms with Crippen molar-refractivity contribution in [3.05, 3.63) is 65.9 Å². The van der Waals surface area contributed by atoms with Gasteiger partial charge >= 0.3 is 0 Å². The fourth-order valence-corrected chi connectivity index (χ4v) is 4.02. The van der Waals surface area contributed by atoms with Crippen molar-refractivity contribution in [3.63, 3.8) is 0 Å². The Hall–Kier alpha value is -2.13.